The molecule has 2 N–H and O–H groups in total. The summed E-state index contributed by atoms with van der Waals surface area (Å²) < 4.78 is 13.7. The Morgan fingerprint density at radius 2 is 2.00 bits per heavy atom. The molecule has 1 nitrogen and oxygen atoms in total. The molecule has 0 saturated heterocycles. The van der Waals surface area contributed by atoms with Crippen LogP contribution in [-0.4, -0.2) is 11.8 Å². The van der Waals surface area contributed by atoms with Crippen LogP contribution in [0.1, 0.15) is 26.3 Å². The molecule has 1 atom stereocenters. The first-order valence-electron chi connectivity index (χ1n) is 5.66. The summed E-state index contributed by atoms with van der Waals surface area (Å²) in [6.07, 6.45) is 0.728. The van der Waals surface area contributed by atoms with Crippen molar-refractivity contribution in [2.24, 2.45) is 11.7 Å². The molecule has 1 aromatic carbocycles. The quantitative estimate of drug-likeness (QED) is 0.799. The zero-order valence-corrected chi connectivity index (χ0v) is 11.0. The van der Waals surface area contributed by atoms with Gasteiger partial charge in [-0.25, -0.2) is 4.39 Å². The normalized spacial score (nSPS) is 13.1. The van der Waals surface area contributed by atoms with Crippen LogP contribution in [0.2, 0.25) is 0 Å². The molecule has 0 saturated carbocycles. The van der Waals surface area contributed by atoms with E-state index < -0.39 is 0 Å². The van der Waals surface area contributed by atoms with Gasteiger partial charge in [0.05, 0.1) is 0 Å². The Kier molecular flexibility index (Phi) is 5.29. The van der Waals surface area contributed by atoms with Crippen LogP contribution in [0.3, 0.4) is 0 Å². The summed E-state index contributed by atoms with van der Waals surface area (Å²) in [5.74, 6) is 1.40. The fourth-order valence-electron chi connectivity index (χ4n) is 1.42. The van der Waals surface area contributed by atoms with E-state index in [9.17, 15) is 4.39 Å². The van der Waals surface area contributed by atoms with Gasteiger partial charge in [-0.3, -0.25) is 0 Å². The Labute approximate surface area is 102 Å². The van der Waals surface area contributed by atoms with Crippen LogP contribution < -0.4 is 5.73 Å². The van der Waals surface area contributed by atoms with Gasteiger partial charge >= 0.3 is 0 Å². The van der Waals surface area contributed by atoms with Crippen molar-refractivity contribution in [1.82, 2.24) is 0 Å². The minimum atomic E-state index is -0.121. The maximum atomic E-state index is 13.7. The van der Waals surface area contributed by atoms with E-state index in [1.807, 2.05) is 19.1 Å². The summed E-state index contributed by atoms with van der Waals surface area (Å²) >= 11 is 1.58. The Balaban J connectivity index is 2.67. The molecule has 0 aliphatic rings. The third-order valence-electron chi connectivity index (χ3n) is 2.13. The van der Waals surface area contributed by atoms with Gasteiger partial charge in [-0.1, -0.05) is 19.9 Å². The van der Waals surface area contributed by atoms with Gasteiger partial charge in [0.2, 0.25) is 0 Å². The Hall–Kier alpha value is -0.540. The highest BCUT2D eigenvalue weighted by atomic mass is 32.2. The monoisotopic (exact) mass is 241 g/mol. The number of rotatable bonds is 5. The smallest absolute Gasteiger partial charge is 0.137 e. The van der Waals surface area contributed by atoms with Crippen molar-refractivity contribution in [3.63, 3.8) is 0 Å². The lowest BCUT2D eigenvalue weighted by molar-refractivity contribution is 0.597. The van der Waals surface area contributed by atoms with Gasteiger partial charge in [0, 0.05) is 16.7 Å². The van der Waals surface area contributed by atoms with E-state index in [1.165, 1.54) is 0 Å². The van der Waals surface area contributed by atoms with Gasteiger partial charge in [-0.15, -0.1) is 11.8 Å². The fourth-order valence-corrected chi connectivity index (χ4v) is 2.29. The third kappa shape index (κ3) is 4.54. The minimum Gasteiger partial charge on any atom is -0.328 e. The molecule has 0 aromatic heterocycles. The van der Waals surface area contributed by atoms with Crippen LogP contribution in [0.5, 0.6) is 0 Å². The average Bonchev–Trinajstić information content (AvgIpc) is 2.15. The first-order chi connectivity index (χ1) is 7.49. The third-order valence-corrected chi connectivity index (χ3v) is 3.60. The number of hydrogen-bond acceptors (Lipinski definition) is 2. The summed E-state index contributed by atoms with van der Waals surface area (Å²) in [6, 6.07) is 5.51. The van der Waals surface area contributed by atoms with Crippen LogP contribution in [0.25, 0.3) is 0 Å². The van der Waals surface area contributed by atoms with Crippen molar-refractivity contribution in [3.8, 4) is 0 Å². The first kappa shape index (κ1) is 13.5. The van der Waals surface area contributed by atoms with Crippen molar-refractivity contribution in [1.29, 1.82) is 0 Å². The molecule has 1 rings (SSSR count). The van der Waals surface area contributed by atoms with Gasteiger partial charge in [0.15, 0.2) is 0 Å². The van der Waals surface area contributed by atoms with Crippen molar-refractivity contribution in [2.45, 2.75) is 38.1 Å². The summed E-state index contributed by atoms with van der Waals surface area (Å²) in [4.78, 5) is 0.738. The predicted molar refractivity (Wildman–Crippen MR) is 69.3 cm³/mol. The molecular formula is C13H20FNS. The highest BCUT2D eigenvalue weighted by molar-refractivity contribution is 7.99. The largest absolute Gasteiger partial charge is 0.328 e. The Bertz CT molecular complexity index is 337. The van der Waals surface area contributed by atoms with Crippen LogP contribution >= 0.6 is 11.8 Å². The molecule has 16 heavy (non-hydrogen) atoms. The molecule has 0 bridgehead atoms. The van der Waals surface area contributed by atoms with E-state index in [1.54, 1.807) is 17.8 Å². The second-order valence-corrected chi connectivity index (χ2v) is 5.71. The van der Waals surface area contributed by atoms with Gasteiger partial charge in [0.1, 0.15) is 5.82 Å². The van der Waals surface area contributed by atoms with Crippen LogP contribution in [0.4, 0.5) is 4.39 Å². The average molecular weight is 241 g/mol. The number of benzene rings is 1. The summed E-state index contributed by atoms with van der Waals surface area (Å²) in [5.41, 5.74) is 6.66. The molecule has 1 aromatic rings. The number of thioether (sulfide) groups is 1. The molecule has 0 fully saturated rings. The predicted octanol–water partition coefficient (Wildman–Crippen LogP) is 3.46. The zero-order valence-electron chi connectivity index (χ0n) is 10.2. The van der Waals surface area contributed by atoms with E-state index in [-0.39, 0.29) is 11.9 Å². The second-order valence-electron chi connectivity index (χ2n) is 4.65. The van der Waals surface area contributed by atoms with Crippen LogP contribution in [0.15, 0.2) is 23.1 Å². The van der Waals surface area contributed by atoms with Gasteiger partial charge in [0.25, 0.3) is 0 Å². The molecular weight excluding hydrogens is 221 g/mol. The molecule has 0 spiro atoms. The van der Waals surface area contributed by atoms with Gasteiger partial charge in [-0.2, -0.15) is 0 Å². The molecule has 0 aliphatic heterocycles. The van der Waals surface area contributed by atoms with Crippen molar-refractivity contribution in [3.05, 3.63) is 29.6 Å². The standard InChI is InChI=1S/C13H20FNS/c1-9(2)8-16-13-5-4-11(6-10(3)15)7-12(13)14/h4-5,7,9-10H,6,8,15H2,1-3H3. The van der Waals surface area contributed by atoms with Gasteiger partial charge in [-0.05, 0) is 37.0 Å². The molecule has 90 valence electrons. The molecule has 0 aliphatic carbocycles. The molecule has 0 amide bonds. The zero-order chi connectivity index (χ0) is 12.1. The summed E-state index contributed by atoms with van der Waals surface area (Å²) in [6.45, 7) is 6.20. The summed E-state index contributed by atoms with van der Waals surface area (Å²) in [5, 5.41) is 0. The van der Waals surface area contributed by atoms with E-state index in [0.29, 0.717) is 5.92 Å². The highest BCUT2D eigenvalue weighted by Gasteiger charge is 2.06. The SMILES string of the molecule is CC(C)CSc1ccc(CC(C)N)cc1F. The number of hydrogen-bond donors (Lipinski definition) is 1. The first-order valence-corrected chi connectivity index (χ1v) is 6.64. The number of halogens is 1. The fraction of sp³-hybridized carbons (Fsp3) is 0.538. The number of nitrogens with two attached hydrogens (primary N) is 1. The minimum absolute atomic E-state index is 0.0774. The van der Waals surface area contributed by atoms with Crippen molar-refractivity contribution < 1.29 is 4.39 Å². The van der Waals surface area contributed by atoms with Crippen LogP contribution in [-0.2, 0) is 6.42 Å². The van der Waals surface area contributed by atoms with E-state index >= 15 is 0 Å². The Morgan fingerprint density at radius 3 is 2.50 bits per heavy atom. The molecule has 1 unspecified atom stereocenters. The van der Waals surface area contributed by atoms with E-state index in [2.05, 4.69) is 13.8 Å². The lowest BCUT2D eigenvalue weighted by Gasteiger charge is -2.09. The van der Waals surface area contributed by atoms with Gasteiger partial charge < -0.3 is 5.73 Å². The maximum Gasteiger partial charge on any atom is 0.137 e. The Morgan fingerprint density at radius 1 is 1.31 bits per heavy atom. The van der Waals surface area contributed by atoms with Crippen LogP contribution in [0, 0.1) is 11.7 Å². The van der Waals surface area contributed by atoms with Crippen molar-refractivity contribution in [2.75, 3.05) is 5.75 Å². The molecule has 3 heteroatoms. The molecule has 0 heterocycles. The topological polar surface area (TPSA) is 26.0 Å². The second kappa shape index (κ2) is 6.26. The molecule has 0 radical (unpaired) electrons. The highest BCUT2D eigenvalue weighted by Crippen LogP contribution is 2.24. The summed E-state index contributed by atoms with van der Waals surface area (Å²) in [7, 11) is 0. The lowest BCUT2D eigenvalue weighted by Crippen LogP contribution is -2.17. The van der Waals surface area contributed by atoms with E-state index in [0.717, 1.165) is 22.6 Å². The maximum absolute atomic E-state index is 13.7. The van der Waals surface area contributed by atoms with E-state index in [4.69, 9.17) is 5.73 Å². The lowest BCUT2D eigenvalue weighted by atomic mass is 10.1. The van der Waals surface area contributed by atoms with Crippen molar-refractivity contribution >= 4 is 11.8 Å².